The van der Waals surface area contributed by atoms with Crippen molar-refractivity contribution in [2.24, 2.45) is 0 Å². The Balaban J connectivity index is 4.12. The zero-order valence-corrected chi connectivity index (χ0v) is 32.9. The highest BCUT2D eigenvalue weighted by Crippen LogP contribution is 2.43. The highest BCUT2D eigenvalue weighted by Gasteiger charge is 2.27. The molecule has 0 fully saturated rings. The summed E-state index contributed by atoms with van der Waals surface area (Å²) in [6.45, 7) is 4.61. The number of amides is 1. The van der Waals surface area contributed by atoms with Crippen LogP contribution in [0.4, 0.5) is 0 Å². The monoisotopic (exact) mass is 702 g/mol. The molecular weight excluding hydrogens is 623 g/mol. The number of carbonyl (C=O) groups excluding carboxylic acids is 1. The van der Waals surface area contributed by atoms with E-state index in [4.69, 9.17) is 9.05 Å². The lowest BCUT2D eigenvalue weighted by molar-refractivity contribution is -0.870. The van der Waals surface area contributed by atoms with Crippen molar-refractivity contribution in [3.8, 4) is 0 Å². The van der Waals surface area contributed by atoms with Crippen LogP contribution in [0.3, 0.4) is 0 Å². The van der Waals surface area contributed by atoms with Crippen molar-refractivity contribution in [3.05, 3.63) is 24.3 Å². The molecule has 0 rings (SSSR count). The molecule has 0 bridgehead atoms. The maximum Gasteiger partial charge on any atom is 0.472 e. The molecule has 0 heterocycles. The van der Waals surface area contributed by atoms with Crippen LogP contribution in [-0.2, 0) is 18.4 Å². The van der Waals surface area contributed by atoms with Gasteiger partial charge >= 0.3 is 7.82 Å². The average molecular weight is 702 g/mol. The van der Waals surface area contributed by atoms with E-state index >= 15 is 0 Å². The molecule has 0 aromatic rings. The lowest BCUT2D eigenvalue weighted by Gasteiger charge is -2.25. The Labute approximate surface area is 296 Å². The molecule has 284 valence electrons. The van der Waals surface area contributed by atoms with Crippen LogP contribution >= 0.6 is 7.82 Å². The maximum absolute atomic E-state index is 12.4. The number of rotatable bonds is 35. The predicted octanol–water partition coefficient (Wildman–Crippen LogP) is 10.2. The number of allylic oxidation sites excluding steroid dienone is 3. The second-order valence-corrected chi connectivity index (χ2v) is 16.1. The average Bonchev–Trinajstić information content (AvgIpc) is 3.02. The van der Waals surface area contributed by atoms with Crippen molar-refractivity contribution >= 4 is 13.7 Å². The van der Waals surface area contributed by atoms with Crippen LogP contribution in [0.2, 0.25) is 0 Å². The molecule has 0 saturated heterocycles. The largest absolute Gasteiger partial charge is 0.472 e. The van der Waals surface area contributed by atoms with Crippen LogP contribution < -0.4 is 5.32 Å². The number of hydrogen-bond donors (Lipinski definition) is 3. The number of likely N-dealkylation sites (N-methyl/N-ethyl adjacent to an activating group) is 1. The van der Waals surface area contributed by atoms with Gasteiger partial charge in [-0.15, -0.1) is 0 Å². The number of phosphoric ester groups is 1. The SMILES string of the molecule is CCCCCCCCCCCCCCCCCCC/C=C/CC/C=C/C(O)C(COP(=O)(O)OCC[N+](C)(C)C)NC(=O)CCCCC. The van der Waals surface area contributed by atoms with Gasteiger partial charge in [-0.3, -0.25) is 13.8 Å². The van der Waals surface area contributed by atoms with E-state index in [0.717, 1.165) is 38.5 Å². The number of nitrogens with zero attached hydrogens (tertiary/aromatic N) is 1. The summed E-state index contributed by atoms with van der Waals surface area (Å²) in [7, 11) is 1.55. The Morgan fingerprint density at radius 2 is 1.15 bits per heavy atom. The molecular formula is C39H78N2O6P+. The molecule has 0 radical (unpaired) electrons. The lowest BCUT2D eigenvalue weighted by Crippen LogP contribution is -2.45. The zero-order valence-electron chi connectivity index (χ0n) is 32.0. The summed E-state index contributed by atoms with van der Waals surface area (Å²) >= 11 is 0. The minimum atomic E-state index is -4.32. The fourth-order valence-electron chi connectivity index (χ4n) is 5.47. The summed E-state index contributed by atoms with van der Waals surface area (Å²) in [5.74, 6) is -0.212. The van der Waals surface area contributed by atoms with Crippen molar-refractivity contribution in [3.63, 3.8) is 0 Å². The minimum absolute atomic E-state index is 0.0564. The third-order valence-corrected chi connectivity index (χ3v) is 9.66. The Morgan fingerprint density at radius 1 is 0.688 bits per heavy atom. The first kappa shape index (κ1) is 47.0. The smallest absolute Gasteiger partial charge is 0.387 e. The van der Waals surface area contributed by atoms with Crippen molar-refractivity contribution in [1.29, 1.82) is 0 Å². The van der Waals surface area contributed by atoms with Gasteiger partial charge in [0.25, 0.3) is 0 Å². The summed E-state index contributed by atoms with van der Waals surface area (Å²) in [5.41, 5.74) is 0. The van der Waals surface area contributed by atoms with Crippen molar-refractivity contribution in [2.45, 2.75) is 180 Å². The molecule has 3 atom stereocenters. The topological polar surface area (TPSA) is 105 Å². The number of nitrogens with one attached hydrogen (secondary N) is 1. The van der Waals surface area contributed by atoms with Crippen LogP contribution in [0.5, 0.6) is 0 Å². The van der Waals surface area contributed by atoms with E-state index in [1.807, 2.05) is 27.2 Å². The van der Waals surface area contributed by atoms with Gasteiger partial charge in [-0.25, -0.2) is 4.57 Å². The number of phosphoric acid groups is 1. The second kappa shape index (κ2) is 31.9. The molecule has 0 aliphatic heterocycles. The molecule has 0 aromatic carbocycles. The summed E-state index contributed by atoms with van der Waals surface area (Å²) in [6, 6.07) is -0.854. The van der Waals surface area contributed by atoms with E-state index in [1.54, 1.807) is 6.08 Å². The van der Waals surface area contributed by atoms with Gasteiger partial charge in [0.05, 0.1) is 39.9 Å². The molecule has 0 aliphatic carbocycles. The van der Waals surface area contributed by atoms with Crippen molar-refractivity contribution in [1.82, 2.24) is 5.32 Å². The fraction of sp³-hybridized carbons (Fsp3) is 0.872. The predicted molar refractivity (Wildman–Crippen MR) is 203 cm³/mol. The molecule has 0 saturated carbocycles. The summed E-state index contributed by atoms with van der Waals surface area (Å²) in [5, 5.41) is 13.5. The quantitative estimate of drug-likeness (QED) is 0.0263. The van der Waals surface area contributed by atoms with Crippen LogP contribution in [-0.4, -0.2) is 73.4 Å². The molecule has 0 aromatic heterocycles. The first-order valence-electron chi connectivity index (χ1n) is 19.7. The molecule has 9 heteroatoms. The second-order valence-electron chi connectivity index (χ2n) is 14.7. The Hall–Kier alpha value is -1.02. The highest BCUT2D eigenvalue weighted by atomic mass is 31.2. The zero-order chi connectivity index (χ0) is 35.8. The van der Waals surface area contributed by atoms with Crippen LogP contribution in [0.15, 0.2) is 24.3 Å². The Bertz CT molecular complexity index is 845. The lowest BCUT2D eigenvalue weighted by atomic mass is 10.0. The van der Waals surface area contributed by atoms with E-state index in [0.29, 0.717) is 17.4 Å². The summed E-state index contributed by atoms with van der Waals surface area (Å²) < 4.78 is 23.2. The van der Waals surface area contributed by atoms with E-state index in [2.05, 4.69) is 31.3 Å². The Kier molecular flexibility index (Phi) is 31.2. The molecule has 3 unspecified atom stereocenters. The standard InChI is InChI=1S/C39H77N2O6P/c1-6-8-10-11-12-13-14-15-16-17-18-19-20-21-22-23-24-25-26-27-28-29-31-32-38(42)37(40-39(43)33-30-9-7-2)36-47-48(44,45)46-35-34-41(3,4)5/h26-27,31-32,37-38,42H,6-25,28-30,33-36H2,1-5H3,(H-,40,43,44,45)/p+1/b27-26+,32-31+. The maximum atomic E-state index is 12.4. The fourth-order valence-corrected chi connectivity index (χ4v) is 6.20. The normalized spacial score (nSPS) is 14.9. The van der Waals surface area contributed by atoms with Crippen molar-refractivity contribution < 1.29 is 32.9 Å². The number of carbonyl (C=O) groups is 1. The third kappa shape index (κ3) is 33.5. The number of aliphatic hydroxyl groups is 1. The molecule has 8 nitrogen and oxygen atoms in total. The molecule has 1 amide bonds. The van der Waals surface area contributed by atoms with Crippen LogP contribution in [0, 0.1) is 0 Å². The van der Waals surface area contributed by atoms with Crippen LogP contribution in [0.25, 0.3) is 0 Å². The van der Waals surface area contributed by atoms with E-state index < -0.39 is 20.0 Å². The van der Waals surface area contributed by atoms with Gasteiger partial charge in [-0.2, -0.15) is 0 Å². The van der Waals surface area contributed by atoms with Gasteiger partial charge in [0, 0.05) is 6.42 Å². The van der Waals surface area contributed by atoms with E-state index in [1.165, 1.54) is 109 Å². The van der Waals surface area contributed by atoms with Crippen molar-refractivity contribution in [2.75, 3.05) is 40.9 Å². The molecule has 0 spiro atoms. The van der Waals surface area contributed by atoms with Gasteiger partial charge < -0.3 is 19.8 Å². The molecule has 0 aliphatic rings. The number of hydrogen-bond acceptors (Lipinski definition) is 5. The van der Waals surface area contributed by atoms with Gasteiger partial charge in [0.2, 0.25) is 5.91 Å². The first-order valence-corrected chi connectivity index (χ1v) is 21.2. The summed E-state index contributed by atoms with van der Waals surface area (Å²) in [4.78, 5) is 22.5. The molecule has 48 heavy (non-hydrogen) atoms. The van der Waals surface area contributed by atoms with Gasteiger partial charge in [0.1, 0.15) is 13.2 Å². The van der Waals surface area contributed by atoms with E-state index in [9.17, 15) is 19.4 Å². The number of aliphatic hydroxyl groups excluding tert-OH is 1. The van der Waals surface area contributed by atoms with E-state index in [-0.39, 0.29) is 19.1 Å². The van der Waals surface area contributed by atoms with Gasteiger partial charge in [-0.05, 0) is 32.1 Å². The number of unbranched alkanes of at least 4 members (excludes halogenated alkanes) is 20. The highest BCUT2D eigenvalue weighted by molar-refractivity contribution is 7.47. The van der Waals surface area contributed by atoms with Gasteiger partial charge in [0.15, 0.2) is 0 Å². The molecule has 3 N–H and O–H groups in total. The summed E-state index contributed by atoms with van der Waals surface area (Å²) in [6.07, 6.45) is 36.3. The first-order chi connectivity index (χ1) is 23.0. The third-order valence-electron chi connectivity index (χ3n) is 8.67. The van der Waals surface area contributed by atoms with Crippen LogP contribution in [0.1, 0.15) is 168 Å². The Morgan fingerprint density at radius 3 is 1.67 bits per heavy atom. The minimum Gasteiger partial charge on any atom is -0.387 e. The number of quaternary nitrogens is 1. The van der Waals surface area contributed by atoms with Gasteiger partial charge in [-0.1, -0.05) is 154 Å².